The third-order valence-electron chi connectivity index (χ3n) is 3.87. The second-order valence-corrected chi connectivity index (χ2v) is 4.84. The molecule has 0 unspecified atom stereocenters. The normalized spacial score (nSPS) is 26.5. The van der Waals surface area contributed by atoms with Crippen LogP contribution in [-0.2, 0) is 0 Å². The Morgan fingerprint density at radius 2 is 2.41 bits per heavy atom. The predicted octanol–water partition coefficient (Wildman–Crippen LogP) is 2.03. The highest BCUT2D eigenvalue weighted by Gasteiger charge is 2.34. The lowest BCUT2D eigenvalue weighted by Crippen LogP contribution is -2.25. The maximum Gasteiger partial charge on any atom is 0.101 e. The van der Waals surface area contributed by atoms with Crippen LogP contribution >= 0.6 is 0 Å². The van der Waals surface area contributed by atoms with Crippen molar-refractivity contribution >= 4 is 5.57 Å². The van der Waals surface area contributed by atoms with E-state index >= 15 is 0 Å². The van der Waals surface area contributed by atoms with Gasteiger partial charge in [0.25, 0.3) is 0 Å². The summed E-state index contributed by atoms with van der Waals surface area (Å²) >= 11 is 0. The molecule has 2 aliphatic rings. The third-order valence-corrected chi connectivity index (χ3v) is 3.87. The fourth-order valence-electron chi connectivity index (χ4n) is 2.88. The molecular formula is C14H15N3. The van der Waals surface area contributed by atoms with E-state index in [9.17, 15) is 0 Å². The van der Waals surface area contributed by atoms with E-state index < -0.39 is 0 Å². The molecule has 0 aromatic carbocycles. The number of nitriles is 1. The van der Waals surface area contributed by atoms with E-state index in [1.807, 2.05) is 19.2 Å². The van der Waals surface area contributed by atoms with Gasteiger partial charge >= 0.3 is 0 Å². The third kappa shape index (κ3) is 1.65. The van der Waals surface area contributed by atoms with Crippen molar-refractivity contribution in [2.75, 3.05) is 6.54 Å². The Kier molecular flexibility index (Phi) is 2.45. The summed E-state index contributed by atoms with van der Waals surface area (Å²) in [6.45, 7) is 2.99. The molecule has 1 aliphatic carbocycles. The van der Waals surface area contributed by atoms with Crippen molar-refractivity contribution in [3.8, 4) is 6.07 Å². The van der Waals surface area contributed by atoms with E-state index in [1.165, 1.54) is 12.0 Å². The van der Waals surface area contributed by atoms with Gasteiger partial charge in [0.2, 0.25) is 0 Å². The highest BCUT2D eigenvalue weighted by atomic mass is 15.0. The number of allylic oxidation sites excluding steroid dienone is 1. The van der Waals surface area contributed by atoms with Crippen molar-refractivity contribution in [2.45, 2.75) is 25.8 Å². The molecule has 1 aliphatic heterocycles. The summed E-state index contributed by atoms with van der Waals surface area (Å²) in [5, 5.41) is 12.6. The Balaban J connectivity index is 1.98. The first-order valence-corrected chi connectivity index (χ1v) is 6.10. The highest BCUT2D eigenvalue weighted by molar-refractivity contribution is 5.73. The molecule has 3 rings (SSSR count). The van der Waals surface area contributed by atoms with Gasteiger partial charge in [-0.25, -0.2) is 0 Å². The van der Waals surface area contributed by atoms with E-state index in [0.29, 0.717) is 11.6 Å². The zero-order valence-electron chi connectivity index (χ0n) is 9.90. The van der Waals surface area contributed by atoms with Crippen molar-refractivity contribution in [2.24, 2.45) is 5.92 Å². The van der Waals surface area contributed by atoms with Crippen molar-refractivity contribution in [3.05, 3.63) is 35.2 Å². The lowest BCUT2D eigenvalue weighted by Gasteiger charge is -2.15. The zero-order valence-corrected chi connectivity index (χ0v) is 9.90. The lowest BCUT2D eigenvalue weighted by atomic mass is 9.96. The standard InChI is InChI=1S/C14H15N3/c1-9-11(7-15)6-12(8-17-9)13-3-2-10-4-5-16-14(10)13/h3,6,8,10,14,16H,2,4-5H2,1H3/t10-,14+/m0/s1. The molecule has 3 heteroatoms. The SMILES string of the molecule is Cc1ncc(C2=CC[C@H]3CCN[C@@H]23)cc1C#N. The molecule has 1 fully saturated rings. The van der Waals surface area contributed by atoms with Gasteiger partial charge in [0, 0.05) is 12.2 Å². The largest absolute Gasteiger partial charge is 0.310 e. The van der Waals surface area contributed by atoms with Gasteiger partial charge in [-0.1, -0.05) is 6.08 Å². The van der Waals surface area contributed by atoms with Crippen LogP contribution in [0.4, 0.5) is 0 Å². The molecule has 0 amide bonds. The summed E-state index contributed by atoms with van der Waals surface area (Å²) in [6, 6.07) is 4.66. The molecule has 1 aromatic heterocycles. The molecule has 2 atom stereocenters. The molecule has 1 saturated heterocycles. The van der Waals surface area contributed by atoms with Gasteiger partial charge in [0.15, 0.2) is 0 Å². The first-order valence-electron chi connectivity index (χ1n) is 6.10. The molecule has 2 heterocycles. The van der Waals surface area contributed by atoms with E-state index in [-0.39, 0.29) is 0 Å². The van der Waals surface area contributed by atoms with Crippen LogP contribution in [0.15, 0.2) is 18.3 Å². The van der Waals surface area contributed by atoms with Crippen LogP contribution < -0.4 is 5.32 Å². The minimum atomic E-state index is 0.478. The van der Waals surface area contributed by atoms with Crippen molar-refractivity contribution in [1.29, 1.82) is 5.26 Å². The molecule has 0 bridgehead atoms. The van der Waals surface area contributed by atoms with Crippen LogP contribution in [-0.4, -0.2) is 17.6 Å². The topological polar surface area (TPSA) is 48.7 Å². The van der Waals surface area contributed by atoms with Gasteiger partial charge in [-0.15, -0.1) is 0 Å². The fraction of sp³-hybridized carbons (Fsp3) is 0.429. The van der Waals surface area contributed by atoms with Crippen LogP contribution in [0.25, 0.3) is 5.57 Å². The maximum atomic E-state index is 9.05. The maximum absolute atomic E-state index is 9.05. The lowest BCUT2D eigenvalue weighted by molar-refractivity contribution is 0.557. The number of rotatable bonds is 1. The molecule has 1 N–H and O–H groups in total. The molecule has 1 aromatic rings. The number of hydrogen-bond acceptors (Lipinski definition) is 3. The quantitative estimate of drug-likeness (QED) is 0.795. The molecule has 17 heavy (non-hydrogen) atoms. The molecule has 0 radical (unpaired) electrons. The molecule has 0 saturated carbocycles. The Bertz CT molecular complexity index is 525. The number of aryl methyl sites for hydroxylation is 1. The van der Waals surface area contributed by atoms with Gasteiger partial charge in [0.05, 0.1) is 11.3 Å². The van der Waals surface area contributed by atoms with Crippen LogP contribution in [0, 0.1) is 24.2 Å². The summed E-state index contributed by atoms with van der Waals surface area (Å²) in [4.78, 5) is 4.32. The molecule has 86 valence electrons. The van der Waals surface area contributed by atoms with E-state index in [2.05, 4.69) is 22.4 Å². The Morgan fingerprint density at radius 3 is 3.24 bits per heavy atom. The number of pyridine rings is 1. The summed E-state index contributed by atoms with van der Waals surface area (Å²) in [5.74, 6) is 0.747. The summed E-state index contributed by atoms with van der Waals surface area (Å²) in [5.41, 5.74) is 3.93. The highest BCUT2D eigenvalue weighted by Crippen LogP contribution is 2.37. The smallest absolute Gasteiger partial charge is 0.101 e. The number of nitrogens with one attached hydrogen (secondary N) is 1. The number of aromatic nitrogens is 1. The summed E-state index contributed by atoms with van der Waals surface area (Å²) in [6.07, 6.45) is 6.61. The van der Waals surface area contributed by atoms with E-state index in [4.69, 9.17) is 5.26 Å². The zero-order chi connectivity index (χ0) is 11.8. The Hall–Kier alpha value is -1.66. The minimum absolute atomic E-state index is 0.478. The fourth-order valence-corrected chi connectivity index (χ4v) is 2.88. The second kappa shape index (κ2) is 3.97. The second-order valence-electron chi connectivity index (χ2n) is 4.84. The Labute approximate surface area is 101 Å². The van der Waals surface area contributed by atoms with Crippen molar-refractivity contribution < 1.29 is 0 Å². The van der Waals surface area contributed by atoms with E-state index in [1.54, 1.807) is 0 Å². The molecule has 3 nitrogen and oxygen atoms in total. The van der Waals surface area contributed by atoms with Crippen LogP contribution in [0.3, 0.4) is 0 Å². The van der Waals surface area contributed by atoms with Crippen molar-refractivity contribution in [1.82, 2.24) is 10.3 Å². The number of hydrogen-bond donors (Lipinski definition) is 1. The van der Waals surface area contributed by atoms with E-state index in [0.717, 1.165) is 30.1 Å². The van der Waals surface area contributed by atoms with Gasteiger partial charge in [-0.3, -0.25) is 4.98 Å². The first-order chi connectivity index (χ1) is 8.29. The van der Waals surface area contributed by atoms with Gasteiger partial charge in [0.1, 0.15) is 6.07 Å². The van der Waals surface area contributed by atoms with Crippen LogP contribution in [0.5, 0.6) is 0 Å². The Morgan fingerprint density at radius 1 is 1.53 bits per heavy atom. The van der Waals surface area contributed by atoms with Crippen LogP contribution in [0.2, 0.25) is 0 Å². The average Bonchev–Trinajstić information content (AvgIpc) is 2.92. The van der Waals surface area contributed by atoms with Gasteiger partial charge in [-0.05, 0) is 49.4 Å². The van der Waals surface area contributed by atoms with Crippen LogP contribution in [0.1, 0.15) is 29.7 Å². The van der Waals surface area contributed by atoms with Crippen molar-refractivity contribution in [3.63, 3.8) is 0 Å². The summed E-state index contributed by atoms with van der Waals surface area (Å²) < 4.78 is 0. The monoisotopic (exact) mass is 225 g/mol. The van der Waals surface area contributed by atoms with Gasteiger partial charge < -0.3 is 5.32 Å². The number of nitrogens with zero attached hydrogens (tertiary/aromatic N) is 2. The minimum Gasteiger partial charge on any atom is -0.310 e. The summed E-state index contributed by atoms with van der Waals surface area (Å²) in [7, 11) is 0. The molecular weight excluding hydrogens is 210 g/mol. The molecule has 0 spiro atoms. The average molecular weight is 225 g/mol. The van der Waals surface area contributed by atoms with Gasteiger partial charge in [-0.2, -0.15) is 5.26 Å². The predicted molar refractivity (Wildman–Crippen MR) is 66.2 cm³/mol. The first kappa shape index (κ1) is 10.5. The number of fused-ring (bicyclic) bond motifs is 1.